The lowest BCUT2D eigenvalue weighted by molar-refractivity contribution is -0.124. The van der Waals surface area contributed by atoms with Crippen molar-refractivity contribution in [1.82, 2.24) is 9.78 Å². The average molecular weight is 463 g/mol. The lowest BCUT2D eigenvalue weighted by Gasteiger charge is -2.12. The number of benzene rings is 2. The number of aromatic nitrogens is 2. The zero-order chi connectivity index (χ0) is 24.1. The maximum atomic E-state index is 12.7. The van der Waals surface area contributed by atoms with E-state index in [0.29, 0.717) is 47.8 Å². The molecule has 4 rings (SSSR count). The molecule has 1 aromatic heterocycles. The zero-order valence-corrected chi connectivity index (χ0v) is 19.0. The van der Waals surface area contributed by atoms with Crippen molar-refractivity contribution in [2.75, 3.05) is 23.8 Å². The van der Waals surface area contributed by atoms with Gasteiger partial charge in [-0.3, -0.25) is 9.59 Å². The van der Waals surface area contributed by atoms with E-state index in [1.54, 1.807) is 67.1 Å². The van der Waals surface area contributed by atoms with Gasteiger partial charge in [0.1, 0.15) is 11.7 Å². The molecule has 0 bridgehead atoms. The molecule has 1 unspecified atom stereocenters. The number of carbonyl (C=O) groups excluding carboxylic acids is 3. The van der Waals surface area contributed by atoms with Crippen molar-refractivity contribution in [1.29, 1.82) is 0 Å². The lowest BCUT2D eigenvalue weighted by Crippen LogP contribution is -2.27. The summed E-state index contributed by atoms with van der Waals surface area (Å²) >= 11 is 0. The second kappa shape index (κ2) is 10.3. The second-order valence-corrected chi connectivity index (χ2v) is 7.85. The number of esters is 1. The molecule has 2 amide bonds. The Balaban J connectivity index is 1.41. The first-order chi connectivity index (χ1) is 16.5. The van der Waals surface area contributed by atoms with Crippen LogP contribution in [0.4, 0.5) is 11.4 Å². The molecular weight excluding hydrogens is 436 g/mol. The smallest absolute Gasteiger partial charge is 0.341 e. The standard InChI is InChI=1S/C25H26N4O5/c1-3-33-25(32)21-15-26-29(16(21)2)20-11-9-18(10-12-20)27-23(30)17-6-4-7-19(14-17)28-24(31)22-8-5-13-34-22/h4,6-7,9-12,14-15,22H,3,5,8,13H2,1-2H3,(H,27,30)(H,28,31). The molecule has 176 valence electrons. The summed E-state index contributed by atoms with van der Waals surface area (Å²) in [7, 11) is 0. The fraction of sp³-hybridized carbons (Fsp3) is 0.280. The molecular formula is C25H26N4O5. The lowest BCUT2D eigenvalue weighted by atomic mass is 10.1. The first kappa shape index (κ1) is 23.2. The zero-order valence-electron chi connectivity index (χ0n) is 19.0. The van der Waals surface area contributed by atoms with Crippen LogP contribution in [0.2, 0.25) is 0 Å². The molecule has 2 N–H and O–H groups in total. The van der Waals surface area contributed by atoms with Crippen molar-refractivity contribution < 1.29 is 23.9 Å². The number of amides is 2. The van der Waals surface area contributed by atoms with Crippen LogP contribution in [0.15, 0.2) is 54.7 Å². The summed E-state index contributed by atoms with van der Waals surface area (Å²) in [5, 5.41) is 9.93. The molecule has 1 aliphatic heterocycles. The number of ether oxygens (including phenoxy) is 2. The summed E-state index contributed by atoms with van der Waals surface area (Å²) in [5.74, 6) is -0.921. The predicted octanol–water partition coefficient (Wildman–Crippen LogP) is 3.73. The van der Waals surface area contributed by atoms with Crippen LogP contribution in [0.25, 0.3) is 5.69 Å². The molecule has 9 nitrogen and oxygen atoms in total. The maximum absolute atomic E-state index is 12.7. The van der Waals surface area contributed by atoms with Crippen LogP contribution in [0.5, 0.6) is 0 Å². The van der Waals surface area contributed by atoms with Crippen molar-refractivity contribution in [2.45, 2.75) is 32.8 Å². The molecule has 9 heteroatoms. The highest BCUT2D eigenvalue weighted by Gasteiger charge is 2.23. The highest BCUT2D eigenvalue weighted by Crippen LogP contribution is 2.20. The van der Waals surface area contributed by atoms with E-state index in [-0.39, 0.29) is 11.8 Å². The van der Waals surface area contributed by atoms with Gasteiger partial charge in [0.2, 0.25) is 0 Å². The van der Waals surface area contributed by atoms with Gasteiger partial charge in [-0.1, -0.05) is 6.07 Å². The summed E-state index contributed by atoms with van der Waals surface area (Å²) < 4.78 is 12.1. The van der Waals surface area contributed by atoms with E-state index in [1.165, 1.54) is 6.20 Å². The monoisotopic (exact) mass is 462 g/mol. The molecule has 0 aliphatic carbocycles. The number of nitrogens with zero attached hydrogens (tertiary/aromatic N) is 2. The summed E-state index contributed by atoms with van der Waals surface area (Å²) in [6, 6.07) is 13.8. The van der Waals surface area contributed by atoms with E-state index in [4.69, 9.17) is 9.47 Å². The van der Waals surface area contributed by atoms with Crippen molar-refractivity contribution in [3.05, 3.63) is 71.5 Å². The minimum absolute atomic E-state index is 0.203. The van der Waals surface area contributed by atoms with Crippen molar-refractivity contribution in [2.24, 2.45) is 0 Å². The van der Waals surface area contributed by atoms with Crippen LogP contribution in [0, 0.1) is 6.92 Å². The summed E-state index contributed by atoms with van der Waals surface area (Å²) in [4.78, 5) is 37.0. The molecule has 2 aromatic carbocycles. The molecule has 0 saturated carbocycles. The van der Waals surface area contributed by atoms with Gasteiger partial charge < -0.3 is 20.1 Å². The molecule has 1 aliphatic rings. The van der Waals surface area contributed by atoms with Gasteiger partial charge >= 0.3 is 5.97 Å². The third-order valence-corrected chi connectivity index (χ3v) is 5.49. The Morgan fingerprint density at radius 2 is 1.91 bits per heavy atom. The third kappa shape index (κ3) is 5.15. The first-order valence-corrected chi connectivity index (χ1v) is 11.1. The number of hydrogen-bond acceptors (Lipinski definition) is 6. The van der Waals surface area contributed by atoms with Crippen molar-refractivity contribution >= 4 is 29.2 Å². The van der Waals surface area contributed by atoms with Crippen molar-refractivity contribution in [3.8, 4) is 5.69 Å². The normalized spacial score (nSPS) is 15.1. The number of rotatable bonds is 7. The fourth-order valence-electron chi connectivity index (χ4n) is 3.71. The predicted molar refractivity (Wildman–Crippen MR) is 126 cm³/mol. The molecule has 1 atom stereocenters. The van der Waals surface area contributed by atoms with Crippen LogP contribution >= 0.6 is 0 Å². The Morgan fingerprint density at radius 3 is 2.62 bits per heavy atom. The number of hydrogen-bond donors (Lipinski definition) is 2. The van der Waals surface area contributed by atoms with Gasteiger partial charge in [-0.2, -0.15) is 5.10 Å². The molecule has 1 saturated heterocycles. The Hall–Kier alpha value is -3.98. The largest absolute Gasteiger partial charge is 0.462 e. The minimum Gasteiger partial charge on any atom is -0.462 e. The first-order valence-electron chi connectivity index (χ1n) is 11.1. The molecule has 0 radical (unpaired) electrons. The Labute approximate surface area is 197 Å². The number of anilines is 2. The third-order valence-electron chi connectivity index (χ3n) is 5.49. The minimum atomic E-state index is -0.442. The van der Waals surface area contributed by atoms with E-state index < -0.39 is 12.1 Å². The van der Waals surface area contributed by atoms with Crippen LogP contribution in [0.3, 0.4) is 0 Å². The fourth-order valence-corrected chi connectivity index (χ4v) is 3.71. The van der Waals surface area contributed by atoms with Gasteiger partial charge in [0, 0.05) is 23.5 Å². The Kier molecular flexibility index (Phi) is 7.03. The van der Waals surface area contributed by atoms with Crippen molar-refractivity contribution in [3.63, 3.8) is 0 Å². The molecule has 2 heterocycles. The maximum Gasteiger partial charge on any atom is 0.341 e. The van der Waals surface area contributed by atoms with Crippen LogP contribution in [0.1, 0.15) is 46.2 Å². The van der Waals surface area contributed by atoms with Gasteiger partial charge in [-0.05, 0) is 69.2 Å². The van der Waals surface area contributed by atoms with Gasteiger partial charge in [0.05, 0.1) is 24.2 Å². The number of carbonyl (C=O) groups is 3. The summed E-state index contributed by atoms with van der Waals surface area (Å²) in [6.07, 6.45) is 2.60. The van der Waals surface area contributed by atoms with E-state index in [2.05, 4.69) is 15.7 Å². The van der Waals surface area contributed by atoms with E-state index in [0.717, 1.165) is 12.1 Å². The highest BCUT2D eigenvalue weighted by atomic mass is 16.5. The molecule has 3 aromatic rings. The highest BCUT2D eigenvalue weighted by molar-refractivity contribution is 6.05. The van der Waals surface area contributed by atoms with Gasteiger partial charge in [-0.15, -0.1) is 0 Å². The SMILES string of the molecule is CCOC(=O)c1cnn(-c2ccc(NC(=O)c3cccc(NC(=O)C4CCCO4)c3)cc2)c1C. The molecule has 34 heavy (non-hydrogen) atoms. The molecule has 1 fully saturated rings. The summed E-state index contributed by atoms with van der Waals surface area (Å²) in [6.45, 7) is 4.43. The van der Waals surface area contributed by atoms with Gasteiger partial charge in [-0.25, -0.2) is 9.48 Å². The topological polar surface area (TPSA) is 112 Å². The Morgan fingerprint density at radius 1 is 1.12 bits per heavy atom. The quantitative estimate of drug-likeness (QED) is 0.518. The summed E-state index contributed by atoms with van der Waals surface area (Å²) in [5.41, 5.74) is 3.36. The molecule has 0 spiro atoms. The van der Waals surface area contributed by atoms with E-state index in [1.807, 2.05) is 0 Å². The Bertz CT molecular complexity index is 1200. The number of nitrogens with one attached hydrogen (secondary N) is 2. The van der Waals surface area contributed by atoms with E-state index >= 15 is 0 Å². The van der Waals surface area contributed by atoms with Gasteiger partial charge in [0.15, 0.2) is 0 Å². The van der Waals surface area contributed by atoms with Crippen LogP contribution in [-0.2, 0) is 14.3 Å². The van der Waals surface area contributed by atoms with Gasteiger partial charge in [0.25, 0.3) is 11.8 Å². The second-order valence-electron chi connectivity index (χ2n) is 7.85. The van der Waals surface area contributed by atoms with Crippen LogP contribution in [-0.4, -0.2) is 46.9 Å². The average Bonchev–Trinajstić information content (AvgIpc) is 3.50. The van der Waals surface area contributed by atoms with Crippen LogP contribution < -0.4 is 10.6 Å². The van der Waals surface area contributed by atoms with E-state index in [9.17, 15) is 14.4 Å².